The number of hydrogen-bond donors (Lipinski definition) is 1. The third kappa shape index (κ3) is 5.73. The third-order valence-corrected chi connectivity index (χ3v) is 7.32. The second-order valence-electron chi connectivity index (χ2n) is 7.91. The lowest BCUT2D eigenvalue weighted by molar-refractivity contribution is -0.120. The normalized spacial score (nSPS) is 12.1. The maximum absolute atomic E-state index is 13.6. The zero-order valence-electron chi connectivity index (χ0n) is 19.4. The fraction of sp³-hybridized carbons (Fsp3) is 0.269. The van der Waals surface area contributed by atoms with Crippen LogP contribution in [0.1, 0.15) is 36.1 Å². The second kappa shape index (κ2) is 10.5. The number of carbonyl (C=O) groups is 1. The molecule has 0 radical (unpaired) electrons. The highest BCUT2D eigenvalue weighted by molar-refractivity contribution is 7.92. The van der Waals surface area contributed by atoms with Crippen molar-refractivity contribution in [2.75, 3.05) is 18.0 Å². The number of aryl methyl sites for hydroxylation is 2. The van der Waals surface area contributed by atoms with Gasteiger partial charge in [0.15, 0.2) is 0 Å². The minimum Gasteiger partial charge on any atom is -0.497 e. The van der Waals surface area contributed by atoms with Gasteiger partial charge in [0.1, 0.15) is 12.3 Å². The van der Waals surface area contributed by atoms with Gasteiger partial charge in [-0.1, -0.05) is 55.0 Å². The molecule has 0 aliphatic carbocycles. The van der Waals surface area contributed by atoms with E-state index in [-0.39, 0.29) is 23.4 Å². The smallest absolute Gasteiger partial charge is 0.264 e. The first-order valence-corrected chi connectivity index (χ1v) is 12.3. The number of ether oxygens (including phenoxy) is 1. The Morgan fingerprint density at radius 1 is 0.970 bits per heavy atom. The Labute approximate surface area is 196 Å². The molecule has 3 rings (SSSR count). The molecule has 0 heterocycles. The maximum atomic E-state index is 13.6. The Bertz CT molecular complexity index is 1190. The Morgan fingerprint density at radius 2 is 1.61 bits per heavy atom. The number of rotatable bonds is 9. The number of nitrogens with zero attached hydrogens (tertiary/aromatic N) is 1. The fourth-order valence-corrected chi connectivity index (χ4v) is 5.09. The zero-order valence-corrected chi connectivity index (χ0v) is 20.2. The number of hydrogen-bond acceptors (Lipinski definition) is 4. The highest BCUT2D eigenvalue weighted by Gasteiger charge is 2.28. The molecule has 174 valence electrons. The molecule has 1 N–H and O–H groups in total. The van der Waals surface area contributed by atoms with Gasteiger partial charge >= 0.3 is 0 Å². The van der Waals surface area contributed by atoms with Gasteiger partial charge in [-0.15, -0.1) is 0 Å². The molecule has 0 aliphatic rings. The minimum absolute atomic E-state index is 0.145. The largest absolute Gasteiger partial charge is 0.497 e. The van der Waals surface area contributed by atoms with E-state index in [9.17, 15) is 13.2 Å². The number of anilines is 1. The molecular weight excluding hydrogens is 436 g/mol. The van der Waals surface area contributed by atoms with Crippen LogP contribution in [0, 0.1) is 13.8 Å². The van der Waals surface area contributed by atoms with Gasteiger partial charge in [-0.3, -0.25) is 9.10 Å². The van der Waals surface area contributed by atoms with Crippen molar-refractivity contribution in [3.05, 3.63) is 89.5 Å². The van der Waals surface area contributed by atoms with Crippen molar-refractivity contribution < 1.29 is 17.9 Å². The molecule has 0 aromatic heterocycles. The summed E-state index contributed by atoms with van der Waals surface area (Å²) in [4.78, 5) is 13.2. The van der Waals surface area contributed by atoms with E-state index >= 15 is 0 Å². The molecule has 7 heteroatoms. The van der Waals surface area contributed by atoms with Gasteiger partial charge in [-0.25, -0.2) is 8.42 Å². The average Bonchev–Trinajstić information content (AvgIpc) is 2.82. The second-order valence-corrected chi connectivity index (χ2v) is 9.78. The quantitative estimate of drug-likeness (QED) is 0.493. The van der Waals surface area contributed by atoms with E-state index in [1.54, 1.807) is 43.5 Å². The molecule has 0 spiro atoms. The number of methoxy groups -OCH3 is 1. The minimum atomic E-state index is -3.95. The van der Waals surface area contributed by atoms with E-state index in [4.69, 9.17) is 4.74 Å². The summed E-state index contributed by atoms with van der Waals surface area (Å²) in [7, 11) is -2.35. The molecule has 0 aliphatic heterocycles. The Kier molecular flexibility index (Phi) is 7.76. The van der Waals surface area contributed by atoms with Crippen LogP contribution in [0.5, 0.6) is 5.75 Å². The van der Waals surface area contributed by atoms with Crippen LogP contribution in [-0.2, 0) is 14.8 Å². The topological polar surface area (TPSA) is 75.7 Å². The highest BCUT2D eigenvalue weighted by Crippen LogP contribution is 2.27. The van der Waals surface area contributed by atoms with Crippen LogP contribution >= 0.6 is 0 Å². The summed E-state index contributed by atoms with van der Waals surface area (Å²) in [5.41, 5.74) is 3.13. The first-order chi connectivity index (χ1) is 15.8. The van der Waals surface area contributed by atoms with Crippen molar-refractivity contribution in [3.8, 4) is 5.75 Å². The van der Waals surface area contributed by atoms with Gasteiger partial charge in [-0.2, -0.15) is 0 Å². The Balaban J connectivity index is 1.90. The number of nitrogens with one attached hydrogen (secondary N) is 1. The van der Waals surface area contributed by atoms with Crippen LogP contribution in [0.3, 0.4) is 0 Å². The van der Waals surface area contributed by atoms with Crippen LogP contribution in [0.15, 0.2) is 77.7 Å². The number of amides is 1. The molecule has 0 unspecified atom stereocenters. The number of carbonyl (C=O) groups excluding carboxylic acids is 1. The van der Waals surface area contributed by atoms with Gasteiger partial charge in [0, 0.05) is 0 Å². The Morgan fingerprint density at radius 3 is 2.18 bits per heavy atom. The molecule has 3 aromatic carbocycles. The molecule has 3 aromatic rings. The molecule has 6 nitrogen and oxygen atoms in total. The van der Waals surface area contributed by atoms with Gasteiger partial charge in [-0.05, 0) is 61.7 Å². The predicted octanol–water partition coefficient (Wildman–Crippen LogP) is 4.77. The summed E-state index contributed by atoms with van der Waals surface area (Å²) in [6.45, 7) is 5.37. The van der Waals surface area contributed by atoms with Gasteiger partial charge in [0.25, 0.3) is 10.0 Å². The maximum Gasteiger partial charge on any atom is 0.264 e. The first kappa shape index (κ1) is 24.3. The number of para-hydroxylation sites is 1. The van der Waals surface area contributed by atoms with Crippen LogP contribution < -0.4 is 14.4 Å². The molecule has 1 amide bonds. The lowest BCUT2D eigenvalue weighted by atomic mass is 10.0. The standard InChI is InChI=1S/C26H30N2O4S/c1-5-24(21-12-14-22(32-4)15-13-21)27-26(29)18-28(25-9-7-6-8-20(25)3)33(30,31)23-16-10-19(2)11-17-23/h6-17,24H,5,18H2,1-4H3,(H,27,29)/t24-/m1/s1. The van der Waals surface area contributed by atoms with E-state index in [0.29, 0.717) is 12.1 Å². The van der Waals surface area contributed by atoms with Crippen LogP contribution in [0.4, 0.5) is 5.69 Å². The monoisotopic (exact) mass is 466 g/mol. The van der Waals surface area contributed by atoms with Crippen molar-refractivity contribution >= 4 is 21.6 Å². The summed E-state index contributed by atoms with van der Waals surface area (Å²) in [6, 6.07) is 21.0. The summed E-state index contributed by atoms with van der Waals surface area (Å²) < 4.78 is 33.5. The van der Waals surface area contributed by atoms with E-state index in [2.05, 4.69) is 5.32 Å². The van der Waals surface area contributed by atoms with Crippen molar-refractivity contribution in [1.29, 1.82) is 0 Å². The van der Waals surface area contributed by atoms with E-state index in [1.807, 2.05) is 57.2 Å². The van der Waals surface area contributed by atoms with Crippen molar-refractivity contribution in [2.24, 2.45) is 0 Å². The predicted molar refractivity (Wildman–Crippen MR) is 131 cm³/mol. The summed E-state index contributed by atoms with van der Waals surface area (Å²) >= 11 is 0. The van der Waals surface area contributed by atoms with Crippen molar-refractivity contribution in [1.82, 2.24) is 5.32 Å². The van der Waals surface area contributed by atoms with Crippen molar-refractivity contribution in [2.45, 2.75) is 38.1 Å². The molecule has 0 bridgehead atoms. The van der Waals surface area contributed by atoms with Gasteiger partial charge in [0.2, 0.25) is 5.91 Å². The van der Waals surface area contributed by atoms with Crippen LogP contribution in [-0.4, -0.2) is 28.0 Å². The summed E-state index contributed by atoms with van der Waals surface area (Å²) in [5.74, 6) is 0.353. The van der Waals surface area contributed by atoms with E-state index in [1.165, 1.54) is 4.31 Å². The van der Waals surface area contributed by atoms with Gasteiger partial charge < -0.3 is 10.1 Å². The molecule has 0 saturated heterocycles. The summed E-state index contributed by atoms with van der Waals surface area (Å²) in [6.07, 6.45) is 0.660. The fourth-order valence-electron chi connectivity index (χ4n) is 3.61. The lowest BCUT2D eigenvalue weighted by Gasteiger charge is -2.27. The van der Waals surface area contributed by atoms with E-state index < -0.39 is 10.0 Å². The van der Waals surface area contributed by atoms with Gasteiger partial charge in [0.05, 0.1) is 23.7 Å². The molecule has 0 fully saturated rings. The molecule has 1 atom stereocenters. The summed E-state index contributed by atoms with van der Waals surface area (Å²) in [5, 5.41) is 2.99. The lowest BCUT2D eigenvalue weighted by Crippen LogP contribution is -2.42. The number of sulfonamides is 1. The third-order valence-electron chi connectivity index (χ3n) is 5.54. The molecule has 0 saturated carbocycles. The van der Waals surface area contributed by atoms with E-state index in [0.717, 1.165) is 22.4 Å². The van der Waals surface area contributed by atoms with Crippen molar-refractivity contribution in [3.63, 3.8) is 0 Å². The average molecular weight is 467 g/mol. The SMILES string of the molecule is CC[C@@H](NC(=O)CN(c1ccccc1C)S(=O)(=O)c1ccc(C)cc1)c1ccc(OC)cc1. The van der Waals surface area contributed by atoms with Crippen LogP contribution in [0.2, 0.25) is 0 Å². The first-order valence-electron chi connectivity index (χ1n) is 10.8. The molecule has 33 heavy (non-hydrogen) atoms. The van der Waals surface area contributed by atoms with Crippen LogP contribution in [0.25, 0.3) is 0 Å². The zero-order chi connectivity index (χ0) is 24.0. The number of benzene rings is 3. The highest BCUT2D eigenvalue weighted by atomic mass is 32.2. The Hall–Kier alpha value is -3.32. The molecular formula is C26H30N2O4S.